The van der Waals surface area contributed by atoms with Crippen LogP contribution in [0.5, 0.6) is 17.2 Å². The number of aromatic hydroxyl groups is 1. The molecule has 2 aliphatic heterocycles. The van der Waals surface area contributed by atoms with Crippen LogP contribution in [0.1, 0.15) is 30.4 Å². The SMILES string of the molecule is COc1ccc(CC(=O)NC2CCN(CCCN3C=COC(c4cc(O)ccc4F)=C3)CC2)cc1OC. The highest BCUT2D eigenvalue weighted by Crippen LogP contribution is 2.28. The normalized spacial score (nSPS) is 16.2. The minimum absolute atomic E-state index is 0.00976. The summed E-state index contributed by atoms with van der Waals surface area (Å²) in [6.45, 7) is 3.54. The molecular formula is C28H34FN3O5. The lowest BCUT2D eigenvalue weighted by molar-refractivity contribution is -0.121. The van der Waals surface area contributed by atoms with Gasteiger partial charge >= 0.3 is 0 Å². The summed E-state index contributed by atoms with van der Waals surface area (Å²) >= 11 is 0. The van der Waals surface area contributed by atoms with Crippen LogP contribution in [0.25, 0.3) is 5.76 Å². The summed E-state index contributed by atoms with van der Waals surface area (Å²) in [6.07, 6.45) is 8.13. The molecule has 8 nitrogen and oxygen atoms in total. The van der Waals surface area contributed by atoms with Crippen molar-refractivity contribution in [2.45, 2.75) is 31.7 Å². The van der Waals surface area contributed by atoms with Crippen molar-refractivity contribution < 1.29 is 28.5 Å². The molecule has 0 spiro atoms. The van der Waals surface area contributed by atoms with Crippen molar-refractivity contribution in [1.82, 2.24) is 15.1 Å². The van der Waals surface area contributed by atoms with Gasteiger partial charge < -0.3 is 34.4 Å². The lowest BCUT2D eigenvalue weighted by Gasteiger charge is -2.32. The zero-order chi connectivity index (χ0) is 26.2. The van der Waals surface area contributed by atoms with Gasteiger partial charge in [0.25, 0.3) is 0 Å². The molecule has 0 aromatic heterocycles. The van der Waals surface area contributed by atoms with E-state index in [1.54, 1.807) is 20.4 Å². The van der Waals surface area contributed by atoms with Gasteiger partial charge in [-0.3, -0.25) is 4.79 Å². The maximum atomic E-state index is 14.1. The molecular weight excluding hydrogens is 477 g/mol. The quantitative estimate of drug-likeness (QED) is 0.501. The summed E-state index contributed by atoms with van der Waals surface area (Å²) in [5, 5.41) is 12.8. The first-order chi connectivity index (χ1) is 17.9. The van der Waals surface area contributed by atoms with E-state index in [9.17, 15) is 14.3 Å². The van der Waals surface area contributed by atoms with Crippen LogP contribution in [0.4, 0.5) is 4.39 Å². The minimum atomic E-state index is -0.446. The van der Waals surface area contributed by atoms with Crippen molar-refractivity contribution in [3.05, 3.63) is 72.0 Å². The number of rotatable bonds is 10. The number of methoxy groups -OCH3 is 2. The number of nitrogens with one attached hydrogen (secondary N) is 1. The molecule has 0 aliphatic carbocycles. The zero-order valence-electron chi connectivity index (χ0n) is 21.3. The number of piperidine rings is 1. The van der Waals surface area contributed by atoms with E-state index in [0.717, 1.165) is 51.0 Å². The highest BCUT2D eigenvalue weighted by Gasteiger charge is 2.21. The first-order valence-corrected chi connectivity index (χ1v) is 12.5. The molecule has 2 aromatic rings. The third-order valence-corrected chi connectivity index (χ3v) is 6.60. The number of benzene rings is 2. The molecule has 1 fully saturated rings. The Labute approximate surface area is 216 Å². The van der Waals surface area contributed by atoms with E-state index in [0.29, 0.717) is 23.7 Å². The van der Waals surface area contributed by atoms with Crippen molar-refractivity contribution in [3.8, 4) is 17.2 Å². The number of phenolic OH excluding ortho intramolecular Hbond substituents is 1. The molecule has 9 heteroatoms. The third kappa shape index (κ3) is 7.16. The Hall–Kier alpha value is -3.72. The largest absolute Gasteiger partial charge is 0.508 e. The average Bonchev–Trinajstić information content (AvgIpc) is 2.91. The van der Waals surface area contributed by atoms with Crippen molar-refractivity contribution in [3.63, 3.8) is 0 Å². The van der Waals surface area contributed by atoms with Crippen LogP contribution in [0, 0.1) is 5.82 Å². The lowest BCUT2D eigenvalue weighted by atomic mass is 10.0. The highest BCUT2D eigenvalue weighted by molar-refractivity contribution is 5.79. The number of carbonyl (C=O) groups excluding carboxylic acids is 1. The van der Waals surface area contributed by atoms with E-state index in [1.807, 2.05) is 29.3 Å². The van der Waals surface area contributed by atoms with Crippen molar-refractivity contribution in [1.29, 1.82) is 0 Å². The van der Waals surface area contributed by atoms with E-state index in [-0.39, 0.29) is 23.3 Å². The van der Waals surface area contributed by atoms with Crippen molar-refractivity contribution in [2.24, 2.45) is 0 Å². The van der Waals surface area contributed by atoms with Gasteiger partial charge in [0, 0.05) is 38.1 Å². The van der Waals surface area contributed by atoms with E-state index in [1.165, 1.54) is 24.5 Å². The van der Waals surface area contributed by atoms with Crippen LogP contribution in [-0.4, -0.2) is 67.3 Å². The Morgan fingerprint density at radius 1 is 1.11 bits per heavy atom. The number of likely N-dealkylation sites (tertiary alicyclic amines) is 1. The van der Waals surface area contributed by atoms with Gasteiger partial charge in [0.1, 0.15) is 17.8 Å². The van der Waals surface area contributed by atoms with Crippen LogP contribution in [0.3, 0.4) is 0 Å². The summed E-state index contributed by atoms with van der Waals surface area (Å²) in [5.41, 5.74) is 1.11. The van der Waals surface area contributed by atoms with E-state index < -0.39 is 5.82 Å². The topological polar surface area (TPSA) is 83.5 Å². The second kappa shape index (κ2) is 12.5. The maximum absolute atomic E-state index is 14.1. The Morgan fingerprint density at radius 2 is 1.89 bits per heavy atom. The number of carbonyl (C=O) groups is 1. The molecule has 2 heterocycles. The van der Waals surface area contributed by atoms with Crippen molar-refractivity contribution in [2.75, 3.05) is 40.4 Å². The Bertz CT molecular complexity index is 1140. The van der Waals surface area contributed by atoms with Gasteiger partial charge in [0.05, 0.1) is 26.2 Å². The number of hydrogen-bond donors (Lipinski definition) is 2. The second-order valence-electron chi connectivity index (χ2n) is 9.20. The van der Waals surface area contributed by atoms with Crippen LogP contribution in [0.2, 0.25) is 0 Å². The fraction of sp³-hybridized carbons (Fsp3) is 0.393. The van der Waals surface area contributed by atoms with Gasteiger partial charge in [0.2, 0.25) is 5.91 Å². The Balaban J connectivity index is 1.18. The van der Waals surface area contributed by atoms with Gasteiger partial charge in [0.15, 0.2) is 17.3 Å². The number of ether oxygens (including phenoxy) is 3. The summed E-state index contributed by atoms with van der Waals surface area (Å²) < 4.78 is 30.2. The molecule has 198 valence electrons. The molecule has 2 aliphatic rings. The number of hydrogen-bond acceptors (Lipinski definition) is 7. The summed E-state index contributed by atoms with van der Waals surface area (Å²) in [5.74, 6) is 1.18. The van der Waals surface area contributed by atoms with Crippen LogP contribution in [0.15, 0.2) is 55.1 Å². The summed E-state index contributed by atoms with van der Waals surface area (Å²) in [6, 6.07) is 9.59. The van der Waals surface area contributed by atoms with E-state index in [4.69, 9.17) is 14.2 Å². The lowest BCUT2D eigenvalue weighted by Crippen LogP contribution is -2.45. The van der Waals surface area contributed by atoms with Gasteiger partial charge in [-0.25, -0.2) is 4.39 Å². The smallest absolute Gasteiger partial charge is 0.224 e. The zero-order valence-corrected chi connectivity index (χ0v) is 21.3. The molecule has 1 saturated heterocycles. The van der Waals surface area contributed by atoms with Crippen LogP contribution < -0.4 is 14.8 Å². The predicted octanol–water partition coefficient (Wildman–Crippen LogP) is 3.86. The molecule has 0 saturated carbocycles. The molecule has 1 amide bonds. The molecule has 2 aromatic carbocycles. The van der Waals surface area contributed by atoms with Crippen LogP contribution >= 0.6 is 0 Å². The van der Waals surface area contributed by atoms with E-state index >= 15 is 0 Å². The second-order valence-corrected chi connectivity index (χ2v) is 9.20. The fourth-order valence-electron chi connectivity index (χ4n) is 4.61. The number of halogens is 1. The third-order valence-electron chi connectivity index (χ3n) is 6.60. The summed E-state index contributed by atoms with van der Waals surface area (Å²) in [7, 11) is 3.17. The Morgan fingerprint density at radius 3 is 2.65 bits per heavy atom. The van der Waals surface area contributed by atoms with Crippen LogP contribution in [-0.2, 0) is 16.0 Å². The maximum Gasteiger partial charge on any atom is 0.224 e. The van der Waals surface area contributed by atoms with Gasteiger partial charge in [-0.1, -0.05) is 6.07 Å². The molecule has 2 N–H and O–H groups in total. The van der Waals surface area contributed by atoms with Crippen molar-refractivity contribution >= 4 is 11.7 Å². The monoisotopic (exact) mass is 511 g/mol. The first kappa shape index (κ1) is 26.3. The highest BCUT2D eigenvalue weighted by atomic mass is 19.1. The first-order valence-electron chi connectivity index (χ1n) is 12.5. The van der Waals surface area contributed by atoms with Gasteiger partial charge in [-0.05, 0) is 61.7 Å². The summed E-state index contributed by atoms with van der Waals surface area (Å²) in [4.78, 5) is 16.9. The van der Waals surface area contributed by atoms with Gasteiger partial charge in [-0.15, -0.1) is 0 Å². The number of nitrogens with zero attached hydrogens (tertiary/aromatic N) is 2. The minimum Gasteiger partial charge on any atom is -0.508 e. The molecule has 4 rings (SSSR count). The Kier molecular flexibility index (Phi) is 8.90. The number of amides is 1. The molecule has 37 heavy (non-hydrogen) atoms. The average molecular weight is 512 g/mol. The number of phenols is 1. The van der Waals surface area contributed by atoms with E-state index in [2.05, 4.69) is 10.2 Å². The fourth-order valence-corrected chi connectivity index (χ4v) is 4.61. The van der Waals surface area contributed by atoms with Gasteiger partial charge in [-0.2, -0.15) is 0 Å². The molecule has 0 bridgehead atoms. The molecule has 0 radical (unpaired) electrons. The molecule has 0 unspecified atom stereocenters. The molecule has 0 atom stereocenters. The standard InChI is InChI=1S/C28H34FN3O5/c1-35-25-7-4-20(16-26(25)36-2)17-28(34)30-21-8-12-31(13-9-21)10-3-11-32-14-15-37-27(19-32)23-18-22(33)5-6-24(23)29/h4-7,14-16,18-19,21,33H,3,8-13,17H2,1-2H3,(H,30,34). The predicted molar refractivity (Wildman–Crippen MR) is 138 cm³/mol.